The van der Waals surface area contributed by atoms with Gasteiger partial charge in [0.25, 0.3) is 0 Å². The SMILES string of the molecule is CCn1c(CNC(=O)/C=C/c2cccc3ccccc23)nc2ccccc21. The number of aryl methyl sites for hydroxylation is 1. The predicted molar refractivity (Wildman–Crippen MR) is 110 cm³/mol. The van der Waals surface area contributed by atoms with Gasteiger partial charge in [-0.3, -0.25) is 4.79 Å². The molecule has 0 aliphatic heterocycles. The second kappa shape index (κ2) is 7.46. The third kappa shape index (κ3) is 3.47. The third-order valence-electron chi connectivity index (χ3n) is 4.71. The largest absolute Gasteiger partial charge is 0.345 e. The molecule has 0 saturated heterocycles. The first-order chi connectivity index (χ1) is 13.3. The minimum atomic E-state index is -0.127. The van der Waals surface area contributed by atoms with Crippen LogP contribution >= 0.6 is 0 Å². The molecule has 0 spiro atoms. The average Bonchev–Trinajstić information content (AvgIpc) is 3.08. The van der Waals surface area contributed by atoms with E-state index in [1.807, 2.05) is 48.5 Å². The molecule has 4 heteroatoms. The lowest BCUT2D eigenvalue weighted by Crippen LogP contribution is -2.22. The fraction of sp³-hybridized carbons (Fsp3) is 0.130. The Morgan fingerprint density at radius 2 is 1.81 bits per heavy atom. The summed E-state index contributed by atoms with van der Waals surface area (Å²) in [5.41, 5.74) is 3.08. The van der Waals surface area contributed by atoms with Crippen molar-refractivity contribution in [1.82, 2.24) is 14.9 Å². The Bertz CT molecular complexity index is 1140. The molecule has 1 amide bonds. The van der Waals surface area contributed by atoms with Crippen molar-refractivity contribution in [2.75, 3.05) is 0 Å². The van der Waals surface area contributed by atoms with Crippen LogP contribution in [0.15, 0.2) is 72.8 Å². The van der Waals surface area contributed by atoms with Crippen LogP contribution in [0.1, 0.15) is 18.3 Å². The van der Waals surface area contributed by atoms with E-state index in [0.29, 0.717) is 6.54 Å². The smallest absolute Gasteiger partial charge is 0.244 e. The highest BCUT2D eigenvalue weighted by Crippen LogP contribution is 2.19. The van der Waals surface area contributed by atoms with Gasteiger partial charge in [-0.15, -0.1) is 0 Å². The third-order valence-corrected chi connectivity index (χ3v) is 4.71. The lowest BCUT2D eigenvalue weighted by molar-refractivity contribution is -0.116. The van der Waals surface area contributed by atoms with Gasteiger partial charge in [-0.05, 0) is 41.5 Å². The summed E-state index contributed by atoms with van der Waals surface area (Å²) >= 11 is 0. The summed E-state index contributed by atoms with van der Waals surface area (Å²) in [6.07, 6.45) is 3.45. The van der Waals surface area contributed by atoms with Gasteiger partial charge in [0, 0.05) is 12.6 Å². The van der Waals surface area contributed by atoms with Crippen molar-refractivity contribution in [1.29, 1.82) is 0 Å². The van der Waals surface area contributed by atoms with E-state index >= 15 is 0 Å². The first-order valence-corrected chi connectivity index (χ1v) is 9.14. The number of fused-ring (bicyclic) bond motifs is 2. The number of imidazole rings is 1. The molecule has 4 aromatic rings. The van der Waals surface area contributed by atoms with Gasteiger partial charge in [0.05, 0.1) is 17.6 Å². The van der Waals surface area contributed by atoms with Crippen LogP contribution in [0.4, 0.5) is 0 Å². The van der Waals surface area contributed by atoms with E-state index in [4.69, 9.17) is 0 Å². The Labute approximate surface area is 158 Å². The van der Waals surface area contributed by atoms with Crippen LogP contribution < -0.4 is 5.32 Å². The lowest BCUT2D eigenvalue weighted by Gasteiger charge is -2.06. The average molecular weight is 355 g/mol. The Kier molecular flexibility index (Phi) is 4.71. The van der Waals surface area contributed by atoms with E-state index in [2.05, 4.69) is 46.1 Å². The van der Waals surface area contributed by atoms with Crippen molar-refractivity contribution < 1.29 is 4.79 Å². The van der Waals surface area contributed by atoms with Gasteiger partial charge < -0.3 is 9.88 Å². The highest BCUT2D eigenvalue weighted by Gasteiger charge is 2.09. The van der Waals surface area contributed by atoms with Crippen LogP contribution in [0, 0.1) is 0 Å². The summed E-state index contributed by atoms with van der Waals surface area (Å²) in [6, 6.07) is 22.3. The molecule has 1 N–H and O–H groups in total. The summed E-state index contributed by atoms with van der Waals surface area (Å²) in [7, 11) is 0. The van der Waals surface area contributed by atoms with Crippen molar-refractivity contribution in [3.05, 3.63) is 84.2 Å². The molecule has 4 nitrogen and oxygen atoms in total. The van der Waals surface area contributed by atoms with Crippen LogP contribution in [-0.4, -0.2) is 15.5 Å². The number of rotatable bonds is 5. The maximum absolute atomic E-state index is 12.3. The van der Waals surface area contributed by atoms with Gasteiger partial charge in [0.15, 0.2) is 0 Å². The molecule has 1 aromatic heterocycles. The normalized spacial score (nSPS) is 11.4. The van der Waals surface area contributed by atoms with Crippen molar-refractivity contribution >= 4 is 33.8 Å². The Hall–Kier alpha value is -3.40. The molecule has 134 valence electrons. The molecular weight excluding hydrogens is 334 g/mol. The van der Waals surface area contributed by atoms with E-state index in [0.717, 1.165) is 39.7 Å². The minimum Gasteiger partial charge on any atom is -0.345 e. The molecular formula is C23H21N3O. The quantitative estimate of drug-likeness (QED) is 0.534. The highest BCUT2D eigenvalue weighted by molar-refractivity contribution is 5.96. The molecule has 0 unspecified atom stereocenters. The molecule has 0 fully saturated rings. The van der Waals surface area contributed by atoms with Crippen molar-refractivity contribution in [2.24, 2.45) is 0 Å². The van der Waals surface area contributed by atoms with Crippen molar-refractivity contribution in [3.8, 4) is 0 Å². The molecule has 3 aromatic carbocycles. The Morgan fingerprint density at radius 1 is 1.04 bits per heavy atom. The highest BCUT2D eigenvalue weighted by atomic mass is 16.1. The first kappa shape index (κ1) is 17.0. The summed E-state index contributed by atoms with van der Waals surface area (Å²) < 4.78 is 2.13. The van der Waals surface area contributed by atoms with Crippen LogP contribution in [-0.2, 0) is 17.9 Å². The number of benzene rings is 3. The van der Waals surface area contributed by atoms with Gasteiger partial charge in [0.2, 0.25) is 5.91 Å². The zero-order chi connectivity index (χ0) is 18.6. The number of amides is 1. The molecule has 4 rings (SSSR count). The Morgan fingerprint density at radius 3 is 2.70 bits per heavy atom. The van der Waals surface area contributed by atoms with Crippen LogP contribution in [0.2, 0.25) is 0 Å². The number of hydrogen-bond acceptors (Lipinski definition) is 2. The van der Waals surface area contributed by atoms with E-state index < -0.39 is 0 Å². The van der Waals surface area contributed by atoms with Crippen LogP contribution in [0.3, 0.4) is 0 Å². The van der Waals surface area contributed by atoms with Gasteiger partial charge in [-0.2, -0.15) is 0 Å². The standard InChI is InChI=1S/C23H21N3O/c1-2-26-21-13-6-5-12-20(21)25-22(26)16-24-23(27)15-14-18-10-7-9-17-8-3-4-11-19(17)18/h3-15H,2,16H2,1H3,(H,24,27)/b15-14+. The molecule has 1 heterocycles. The topological polar surface area (TPSA) is 46.9 Å². The second-order valence-electron chi connectivity index (χ2n) is 6.38. The summed E-state index contributed by atoms with van der Waals surface area (Å²) in [5.74, 6) is 0.739. The van der Waals surface area contributed by atoms with Gasteiger partial charge in [-0.25, -0.2) is 4.98 Å². The number of para-hydroxylation sites is 2. The van der Waals surface area contributed by atoms with Crippen molar-refractivity contribution in [3.63, 3.8) is 0 Å². The predicted octanol–water partition coefficient (Wildman–Crippen LogP) is 4.54. The summed E-state index contributed by atoms with van der Waals surface area (Å²) in [4.78, 5) is 16.9. The zero-order valence-electron chi connectivity index (χ0n) is 15.2. The molecule has 0 bridgehead atoms. The molecule has 0 atom stereocenters. The lowest BCUT2D eigenvalue weighted by atomic mass is 10.0. The minimum absolute atomic E-state index is 0.127. The van der Waals surface area contributed by atoms with E-state index in [-0.39, 0.29) is 5.91 Å². The number of nitrogens with zero attached hydrogens (tertiary/aromatic N) is 2. The summed E-state index contributed by atoms with van der Waals surface area (Å²) in [5, 5.41) is 5.24. The summed E-state index contributed by atoms with van der Waals surface area (Å²) in [6.45, 7) is 3.30. The first-order valence-electron chi connectivity index (χ1n) is 9.14. The number of nitrogens with one attached hydrogen (secondary N) is 1. The number of hydrogen-bond donors (Lipinski definition) is 1. The maximum Gasteiger partial charge on any atom is 0.244 e. The van der Waals surface area contributed by atoms with Crippen molar-refractivity contribution in [2.45, 2.75) is 20.0 Å². The van der Waals surface area contributed by atoms with E-state index in [1.54, 1.807) is 6.08 Å². The Balaban J connectivity index is 1.49. The molecule has 27 heavy (non-hydrogen) atoms. The maximum atomic E-state index is 12.3. The monoisotopic (exact) mass is 355 g/mol. The van der Waals surface area contributed by atoms with E-state index in [9.17, 15) is 4.79 Å². The van der Waals surface area contributed by atoms with E-state index in [1.165, 1.54) is 0 Å². The van der Waals surface area contributed by atoms with Gasteiger partial charge in [-0.1, -0.05) is 54.6 Å². The molecule has 0 aliphatic rings. The number of aromatic nitrogens is 2. The fourth-order valence-electron chi connectivity index (χ4n) is 3.40. The van der Waals surface area contributed by atoms with Crippen LogP contribution in [0.5, 0.6) is 0 Å². The van der Waals surface area contributed by atoms with Gasteiger partial charge >= 0.3 is 0 Å². The number of carbonyl (C=O) groups excluding carboxylic acids is 1. The molecule has 0 saturated carbocycles. The molecule has 0 radical (unpaired) electrons. The second-order valence-corrected chi connectivity index (χ2v) is 6.38. The fourth-order valence-corrected chi connectivity index (χ4v) is 3.40. The zero-order valence-corrected chi connectivity index (χ0v) is 15.2. The molecule has 0 aliphatic carbocycles. The van der Waals surface area contributed by atoms with Crippen LogP contribution in [0.25, 0.3) is 27.9 Å². The number of carbonyl (C=O) groups is 1. The van der Waals surface area contributed by atoms with Gasteiger partial charge in [0.1, 0.15) is 5.82 Å².